The summed E-state index contributed by atoms with van der Waals surface area (Å²) in [5.74, 6) is 0.474. The van der Waals surface area contributed by atoms with Gasteiger partial charge in [-0.05, 0) is 25.0 Å². The van der Waals surface area contributed by atoms with Crippen LogP contribution in [0.4, 0.5) is 5.69 Å². The molecule has 0 unspecified atom stereocenters. The van der Waals surface area contributed by atoms with E-state index in [2.05, 4.69) is 5.32 Å². The number of para-hydroxylation sites is 2. The van der Waals surface area contributed by atoms with Crippen LogP contribution >= 0.6 is 0 Å². The molecule has 0 aliphatic carbocycles. The van der Waals surface area contributed by atoms with E-state index in [-0.39, 0.29) is 18.4 Å². The fourth-order valence-corrected chi connectivity index (χ4v) is 2.14. The Morgan fingerprint density at radius 1 is 1.37 bits per heavy atom. The molecular formula is C14H18N2O3. The fraction of sp³-hybridized carbons (Fsp3) is 0.429. The summed E-state index contributed by atoms with van der Waals surface area (Å²) >= 11 is 0. The van der Waals surface area contributed by atoms with Crippen LogP contribution in [-0.2, 0) is 9.59 Å². The minimum absolute atomic E-state index is 0.0569. The van der Waals surface area contributed by atoms with Gasteiger partial charge in [0, 0.05) is 13.0 Å². The number of anilines is 1. The van der Waals surface area contributed by atoms with Crippen molar-refractivity contribution < 1.29 is 14.3 Å². The Morgan fingerprint density at radius 3 is 2.89 bits per heavy atom. The summed E-state index contributed by atoms with van der Waals surface area (Å²) in [7, 11) is 1.55. The molecule has 1 aromatic carbocycles. The number of nitrogens with one attached hydrogen (secondary N) is 1. The molecule has 5 heteroatoms. The number of carbonyl (C=O) groups excluding carboxylic acids is 2. The van der Waals surface area contributed by atoms with Crippen LogP contribution in [0.3, 0.4) is 0 Å². The number of piperidine rings is 1. The Balaban J connectivity index is 1.95. The molecule has 2 amide bonds. The van der Waals surface area contributed by atoms with Crippen LogP contribution in [0.2, 0.25) is 0 Å². The molecule has 5 nitrogen and oxygen atoms in total. The molecule has 2 rings (SSSR count). The van der Waals surface area contributed by atoms with Crippen LogP contribution in [0.5, 0.6) is 5.75 Å². The standard InChI is InChI=1S/C14H18N2O3/c1-19-12-7-3-2-6-11(12)15-13(17)10-16-9-5-4-8-14(16)18/h2-3,6-7H,4-5,8-10H2,1H3,(H,15,17). The van der Waals surface area contributed by atoms with Crippen molar-refractivity contribution in [1.82, 2.24) is 4.90 Å². The van der Waals surface area contributed by atoms with Gasteiger partial charge in [0.2, 0.25) is 11.8 Å². The van der Waals surface area contributed by atoms with E-state index in [1.165, 1.54) is 0 Å². The Kier molecular flexibility index (Phi) is 4.39. The first-order valence-corrected chi connectivity index (χ1v) is 6.41. The molecule has 0 saturated carbocycles. The molecule has 0 radical (unpaired) electrons. The molecule has 1 aromatic rings. The van der Waals surface area contributed by atoms with Crippen LogP contribution in [0, 0.1) is 0 Å². The van der Waals surface area contributed by atoms with Gasteiger partial charge in [0.1, 0.15) is 5.75 Å². The van der Waals surface area contributed by atoms with Gasteiger partial charge in [0.25, 0.3) is 0 Å². The summed E-state index contributed by atoms with van der Waals surface area (Å²) in [6, 6.07) is 7.21. The molecule has 1 aliphatic rings. The Morgan fingerprint density at radius 2 is 2.16 bits per heavy atom. The number of nitrogens with zero attached hydrogens (tertiary/aromatic N) is 1. The molecule has 19 heavy (non-hydrogen) atoms. The molecule has 1 heterocycles. The molecule has 1 aliphatic heterocycles. The molecule has 1 fully saturated rings. The minimum Gasteiger partial charge on any atom is -0.495 e. The molecule has 0 spiro atoms. The number of amides is 2. The molecule has 1 N–H and O–H groups in total. The Labute approximate surface area is 112 Å². The van der Waals surface area contributed by atoms with Gasteiger partial charge in [-0.2, -0.15) is 0 Å². The lowest BCUT2D eigenvalue weighted by Crippen LogP contribution is -2.40. The number of rotatable bonds is 4. The van der Waals surface area contributed by atoms with Gasteiger partial charge >= 0.3 is 0 Å². The average Bonchev–Trinajstić information content (AvgIpc) is 2.42. The quantitative estimate of drug-likeness (QED) is 0.897. The molecule has 0 aromatic heterocycles. The number of hydrogen-bond acceptors (Lipinski definition) is 3. The Hall–Kier alpha value is -2.04. The lowest BCUT2D eigenvalue weighted by atomic mass is 10.1. The first kappa shape index (κ1) is 13.4. The summed E-state index contributed by atoms with van der Waals surface area (Å²) in [6.07, 6.45) is 2.43. The number of benzene rings is 1. The van der Waals surface area contributed by atoms with Crippen LogP contribution in [0.15, 0.2) is 24.3 Å². The maximum Gasteiger partial charge on any atom is 0.244 e. The third-order valence-corrected chi connectivity index (χ3v) is 3.14. The third kappa shape index (κ3) is 3.47. The van der Waals surface area contributed by atoms with Crippen molar-refractivity contribution in [2.75, 3.05) is 25.5 Å². The zero-order chi connectivity index (χ0) is 13.7. The van der Waals surface area contributed by atoms with Crippen molar-refractivity contribution in [2.24, 2.45) is 0 Å². The highest BCUT2D eigenvalue weighted by atomic mass is 16.5. The zero-order valence-electron chi connectivity index (χ0n) is 11.0. The summed E-state index contributed by atoms with van der Waals surface area (Å²) in [5, 5.41) is 2.77. The minimum atomic E-state index is -0.195. The number of ether oxygens (including phenoxy) is 1. The number of carbonyl (C=O) groups is 2. The van der Waals surface area contributed by atoms with E-state index in [0.29, 0.717) is 24.4 Å². The van der Waals surface area contributed by atoms with Gasteiger partial charge in [-0.1, -0.05) is 12.1 Å². The largest absolute Gasteiger partial charge is 0.495 e. The zero-order valence-corrected chi connectivity index (χ0v) is 11.0. The number of methoxy groups -OCH3 is 1. The monoisotopic (exact) mass is 262 g/mol. The normalized spacial score (nSPS) is 15.2. The molecule has 102 valence electrons. The van der Waals surface area contributed by atoms with Gasteiger partial charge in [-0.25, -0.2) is 0 Å². The Bertz CT molecular complexity index is 474. The van der Waals surface area contributed by atoms with Gasteiger partial charge in [-0.15, -0.1) is 0 Å². The van der Waals surface area contributed by atoms with E-state index >= 15 is 0 Å². The fourth-order valence-electron chi connectivity index (χ4n) is 2.14. The van der Waals surface area contributed by atoms with Crippen molar-refractivity contribution in [3.63, 3.8) is 0 Å². The second kappa shape index (κ2) is 6.22. The highest BCUT2D eigenvalue weighted by Crippen LogP contribution is 2.23. The summed E-state index contributed by atoms with van der Waals surface area (Å²) in [5.41, 5.74) is 0.624. The van der Waals surface area contributed by atoms with Gasteiger partial charge in [-0.3, -0.25) is 9.59 Å². The number of hydrogen-bond donors (Lipinski definition) is 1. The molecule has 1 saturated heterocycles. The van der Waals surface area contributed by atoms with Gasteiger partial charge < -0.3 is 15.0 Å². The molecular weight excluding hydrogens is 244 g/mol. The van der Waals surface area contributed by atoms with E-state index in [0.717, 1.165) is 12.8 Å². The summed E-state index contributed by atoms with van der Waals surface area (Å²) in [4.78, 5) is 25.2. The lowest BCUT2D eigenvalue weighted by Gasteiger charge is -2.26. The van der Waals surface area contributed by atoms with Gasteiger partial charge in [0.05, 0.1) is 19.3 Å². The van der Waals surface area contributed by atoms with E-state index in [1.807, 2.05) is 12.1 Å². The smallest absolute Gasteiger partial charge is 0.244 e. The van der Waals surface area contributed by atoms with E-state index in [1.54, 1.807) is 24.1 Å². The van der Waals surface area contributed by atoms with Crippen LogP contribution in [-0.4, -0.2) is 36.9 Å². The predicted octanol–water partition coefficient (Wildman–Crippen LogP) is 1.65. The maximum absolute atomic E-state index is 11.9. The van der Waals surface area contributed by atoms with Crippen LogP contribution in [0.1, 0.15) is 19.3 Å². The molecule has 0 atom stereocenters. The predicted molar refractivity (Wildman–Crippen MR) is 72.1 cm³/mol. The average molecular weight is 262 g/mol. The lowest BCUT2D eigenvalue weighted by molar-refractivity contribution is -0.136. The SMILES string of the molecule is COc1ccccc1NC(=O)CN1CCCCC1=O. The highest BCUT2D eigenvalue weighted by molar-refractivity contribution is 5.95. The number of likely N-dealkylation sites (tertiary alicyclic amines) is 1. The van der Waals surface area contributed by atoms with Crippen molar-refractivity contribution in [2.45, 2.75) is 19.3 Å². The van der Waals surface area contributed by atoms with Crippen molar-refractivity contribution in [3.8, 4) is 5.75 Å². The first-order valence-electron chi connectivity index (χ1n) is 6.41. The van der Waals surface area contributed by atoms with Crippen molar-refractivity contribution in [3.05, 3.63) is 24.3 Å². The second-order valence-corrected chi connectivity index (χ2v) is 4.52. The van der Waals surface area contributed by atoms with Crippen LogP contribution < -0.4 is 10.1 Å². The first-order chi connectivity index (χ1) is 9.20. The van der Waals surface area contributed by atoms with Crippen molar-refractivity contribution in [1.29, 1.82) is 0 Å². The highest BCUT2D eigenvalue weighted by Gasteiger charge is 2.20. The van der Waals surface area contributed by atoms with E-state index in [4.69, 9.17) is 4.74 Å². The third-order valence-electron chi connectivity index (χ3n) is 3.14. The maximum atomic E-state index is 11.9. The van der Waals surface area contributed by atoms with E-state index < -0.39 is 0 Å². The van der Waals surface area contributed by atoms with Crippen LogP contribution in [0.25, 0.3) is 0 Å². The van der Waals surface area contributed by atoms with Crippen molar-refractivity contribution >= 4 is 17.5 Å². The van der Waals surface area contributed by atoms with Gasteiger partial charge in [0.15, 0.2) is 0 Å². The van der Waals surface area contributed by atoms with E-state index in [9.17, 15) is 9.59 Å². The second-order valence-electron chi connectivity index (χ2n) is 4.52. The summed E-state index contributed by atoms with van der Waals surface area (Å²) in [6.45, 7) is 0.773. The topological polar surface area (TPSA) is 58.6 Å². The molecule has 0 bridgehead atoms. The summed E-state index contributed by atoms with van der Waals surface area (Å²) < 4.78 is 5.16.